The molecule has 1 fully saturated rings. The fourth-order valence-electron chi connectivity index (χ4n) is 5.10. The SMILES string of the molecule is COC1=CC2[C@@H]3C(=O)c4ccc(OC)c(OC(C)=O)c4[C@]2(CCN3C)CC1=O. The summed E-state index contributed by atoms with van der Waals surface area (Å²) in [6.45, 7) is 1.97. The maximum absolute atomic E-state index is 13.4. The minimum Gasteiger partial charge on any atom is -0.493 e. The number of likely N-dealkylation sites (tertiary alicyclic amines) is 1. The zero-order valence-electron chi connectivity index (χ0n) is 16.4. The first kappa shape index (κ1) is 18.7. The van der Waals surface area contributed by atoms with E-state index in [1.54, 1.807) is 18.2 Å². The molecule has 0 saturated carbocycles. The molecule has 1 aliphatic heterocycles. The Bertz CT molecular complexity index is 920. The molecule has 2 aliphatic carbocycles. The first-order valence-electron chi connectivity index (χ1n) is 9.27. The number of rotatable bonds is 3. The summed E-state index contributed by atoms with van der Waals surface area (Å²) in [6, 6.07) is 2.97. The average molecular weight is 385 g/mol. The van der Waals surface area contributed by atoms with Gasteiger partial charge in [-0.1, -0.05) is 0 Å². The van der Waals surface area contributed by atoms with Gasteiger partial charge < -0.3 is 14.2 Å². The summed E-state index contributed by atoms with van der Waals surface area (Å²) >= 11 is 0. The van der Waals surface area contributed by atoms with Crippen LogP contribution in [0.1, 0.15) is 35.7 Å². The number of ether oxygens (including phenoxy) is 3. The smallest absolute Gasteiger partial charge is 0.308 e. The number of carbonyl (C=O) groups is 3. The van der Waals surface area contributed by atoms with Gasteiger partial charge in [0, 0.05) is 35.8 Å². The molecule has 148 valence electrons. The number of methoxy groups -OCH3 is 2. The fourth-order valence-corrected chi connectivity index (χ4v) is 5.10. The van der Waals surface area contributed by atoms with E-state index in [1.165, 1.54) is 21.1 Å². The lowest BCUT2D eigenvalue weighted by Gasteiger charge is -2.55. The Balaban J connectivity index is 2.05. The van der Waals surface area contributed by atoms with E-state index in [2.05, 4.69) is 0 Å². The van der Waals surface area contributed by atoms with Crippen LogP contribution >= 0.6 is 0 Å². The fraction of sp³-hybridized carbons (Fsp3) is 0.476. The number of piperidine rings is 1. The van der Waals surface area contributed by atoms with Crippen LogP contribution in [0.15, 0.2) is 24.0 Å². The van der Waals surface area contributed by atoms with Crippen molar-refractivity contribution in [2.24, 2.45) is 5.92 Å². The van der Waals surface area contributed by atoms with Gasteiger partial charge in [-0.15, -0.1) is 0 Å². The average Bonchev–Trinajstić information content (AvgIpc) is 2.66. The maximum Gasteiger partial charge on any atom is 0.308 e. The van der Waals surface area contributed by atoms with E-state index < -0.39 is 17.4 Å². The predicted octanol–water partition coefficient (Wildman–Crippen LogP) is 1.88. The Labute approximate surface area is 163 Å². The van der Waals surface area contributed by atoms with E-state index in [0.717, 1.165) is 0 Å². The summed E-state index contributed by atoms with van der Waals surface area (Å²) in [6.07, 6.45) is 2.64. The second kappa shape index (κ2) is 6.44. The maximum atomic E-state index is 13.4. The molecule has 0 aromatic heterocycles. The number of esters is 1. The number of fused-ring (bicyclic) bond motifs is 1. The second-order valence-electron chi connectivity index (χ2n) is 7.67. The minimum absolute atomic E-state index is 0.0464. The molecule has 0 N–H and O–H groups in total. The van der Waals surface area contributed by atoms with Gasteiger partial charge in [-0.2, -0.15) is 0 Å². The third-order valence-corrected chi connectivity index (χ3v) is 6.28. The number of hydrogen-bond acceptors (Lipinski definition) is 7. The molecule has 7 heteroatoms. The molecule has 3 atom stereocenters. The quantitative estimate of drug-likeness (QED) is 0.580. The van der Waals surface area contributed by atoms with Gasteiger partial charge in [0.05, 0.1) is 20.3 Å². The van der Waals surface area contributed by atoms with Crippen LogP contribution in [-0.4, -0.2) is 56.3 Å². The van der Waals surface area contributed by atoms with Gasteiger partial charge in [-0.3, -0.25) is 19.3 Å². The normalized spacial score (nSPS) is 28.8. The van der Waals surface area contributed by atoms with Crippen LogP contribution in [0, 0.1) is 5.92 Å². The van der Waals surface area contributed by atoms with Crippen molar-refractivity contribution < 1.29 is 28.6 Å². The van der Waals surface area contributed by atoms with Crippen LogP contribution in [0.5, 0.6) is 11.5 Å². The van der Waals surface area contributed by atoms with Gasteiger partial charge in [0.25, 0.3) is 0 Å². The molecule has 2 bridgehead atoms. The third kappa shape index (κ3) is 2.42. The lowest BCUT2D eigenvalue weighted by Crippen LogP contribution is -2.62. The number of hydrogen-bond donors (Lipinski definition) is 0. The highest BCUT2D eigenvalue weighted by Gasteiger charge is 2.59. The van der Waals surface area contributed by atoms with Crippen LogP contribution in [0.4, 0.5) is 0 Å². The van der Waals surface area contributed by atoms with Gasteiger partial charge in [-0.25, -0.2) is 0 Å². The summed E-state index contributed by atoms with van der Waals surface area (Å²) in [7, 11) is 4.87. The Morgan fingerprint density at radius 2 is 1.96 bits per heavy atom. The molecular weight excluding hydrogens is 362 g/mol. The lowest BCUT2D eigenvalue weighted by molar-refractivity contribution is -0.132. The predicted molar refractivity (Wildman–Crippen MR) is 99.6 cm³/mol. The second-order valence-corrected chi connectivity index (χ2v) is 7.67. The molecule has 0 spiro atoms. The van der Waals surface area contributed by atoms with E-state index in [9.17, 15) is 14.4 Å². The van der Waals surface area contributed by atoms with Crippen molar-refractivity contribution in [3.8, 4) is 11.5 Å². The number of benzene rings is 1. The Hall–Kier alpha value is -2.67. The van der Waals surface area contributed by atoms with E-state index in [4.69, 9.17) is 14.2 Å². The Morgan fingerprint density at radius 1 is 1.21 bits per heavy atom. The standard InChI is InChI=1S/C21H23NO6/c1-11(23)28-20-15(26-3)6-5-12-17(20)21-7-8-22(2)18(19(12)25)13(21)9-16(27-4)14(24)10-21/h5-6,9,13,18H,7-8,10H2,1-4H3/t13?,18-,21-/m1/s1. The molecular formula is C21H23NO6. The van der Waals surface area contributed by atoms with Crippen molar-refractivity contribution in [1.82, 2.24) is 4.90 Å². The van der Waals surface area contributed by atoms with Crippen molar-refractivity contribution >= 4 is 17.5 Å². The first-order valence-corrected chi connectivity index (χ1v) is 9.27. The van der Waals surface area contributed by atoms with Gasteiger partial charge in [0.1, 0.15) is 0 Å². The van der Waals surface area contributed by atoms with Crippen molar-refractivity contribution in [2.45, 2.75) is 31.2 Å². The highest BCUT2D eigenvalue weighted by atomic mass is 16.6. The summed E-state index contributed by atoms with van der Waals surface area (Å²) in [5, 5.41) is 0. The molecule has 1 aromatic carbocycles. The number of carbonyl (C=O) groups excluding carboxylic acids is 3. The van der Waals surface area contributed by atoms with Gasteiger partial charge in [0.15, 0.2) is 28.8 Å². The first-order chi connectivity index (χ1) is 13.3. The largest absolute Gasteiger partial charge is 0.493 e. The van der Waals surface area contributed by atoms with Crippen LogP contribution in [0.25, 0.3) is 0 Å². The van der Waals surface area contributed by atoms with Crippen LogP contribution in [0.3, 0.4) is 0 Å². The van der Waals surface area contributed by atoms with E-state index in [1.807, 2.05) is 11.9 Å². The molecule has 0 radical (unpaired) electrons. The number of ketones is 2. The van der Waals surface area contributed by atoms with Crippen LogP contribution < -0.4 is 9.47 Å². The van der Waals surface area contributed by atoms with Gasteiger partial charge in [-0.05, 0) is 38.2 Å². The summed E-state index contributed by atoms with van der Waals surface area (Å²) in [5.41, 5.74) is 0.465. The number of Topliss-reactive ketones (excluding diaryl/α,β-unsaturated/α-hetero) is 2. The summed E-state index contributed by atoms with van der Waals surface area (Å²) in [5.74, 6) is -0.00199. The molecule has 4 rings (SSSR count). The van der Waals surface area contributed by atoms with E-state index >= 15 is 0 Å². The Kier molecular flexibility index (Phi) is 4.30. The van der Waals surface area contributed by atoms with Crippen molar-refractivity contribution in [3.05, 3.63) is 35.1 Å². The molecule has 28 heavy (non-hydrogen) atoms. The zero-order valence-corrected chi connectivity index (χ0v) is 16.4. The molecule has 3 aliphatic rings. The summed E-state index contributed by atoms with van der Waals surface area (Å²) < 4.78 is 16.3. The zero-order chi connectivity index (χ0) is 20.2. The minimum atomic E-state index is -0.640. The van der Waals surface area contributed by atoms with Gasteiger partial charge >= 0.3 is 5.97 Å². The third-order valence-electron chi connectivity index (χ3n) is 6.28. The van der Waals surface area contributed by atoms with Crippen LogP contribution in [-0.2, 0) is 19.7 Å². The molecule has 1 saturated heterocycles. The lowest BCUT2D eigenvalue weighted by atomic mass is 9.53. The molecule has 1 heterocycles. The highest BCUT2D eigenvalue weighted by molar-refractivity contribution is 6.07. The van der Waals surface area contributed by atoms with Crippen LogP contribution in [0.2, 0.25) is 0 Å². The topological polar surface area (TPSA) is 82.1 Å². The number of likely N-dealkylation sites (N-methyl/N-ethyl adjacent to an activating group) is 1. The monoisotopic (exact) mass is 385 g/mol. The van der Waals surface area contributed by atoms with E-state index in [-0.39, 0.29) is 35.4 Å². The Morgan fingerprint density at radius 3 is 2.61 bits per heavy atom. The van der Waals surface area contributed by atoms with Gasteiger partial charge in [0.2, 0.25) is 0 Å². The number of allylic oxidation sites excluding steroid dienone is 1. The van der Waals surface area contributed by atoms with Crippen molar-refractivity contribution in [1.29, 1.82) is 0 Å². The van der Waals surface area contributed by atoms with E-state index in [0.29, 0.717) is 29.8 Å². The number of nitrogens with zero attached hydrogens (tertiary/aromatic N) is 1. The molecule has 1 unspecified atom stereocenters. The van der Waals surface area contributed by atoms with Crippen molar-refractivity contribution in [2.75, 3.05) is 27.8 Å². The highest BCUT2D eigenvalue weighted by Crippen LogP contribution is 2.57. The molecule has 0 amide bonds. The van der Waals surface area contributed by atoms with Crippen molar-refractivity contribution in [3.63, 3.8) is 0 Å². The molecule has 1 aromatic rings. The summed E-state index contributed by atoms with van der Waals surface area (Å²) in [4.78, 5) is 40.1. The molecule has 7 nitrogen and oxygen atoms in total.